The summed E-state index contributed by atoms with van der Waals surface area (Å²) in [5.41, 5.74) is 0.479. The molecule has 2 amide bonds. The highest BCUT2D eigenvalue weighted by Gasteiger charge is 2.31. The molecule has 0 saturated carbocycles. The number of carboxylic acid groups (broad SMARTS) is 1. The zero-order chi connectivity index (χ0) is 14.2. The summed E-state index contributed by atoms with van der Waals surface area (Å²) in [7, 11) is 0. The lowest BCUT2D eigenvalue weighted by molar-refractivity contribution is -0.150. The average molecular weight is 265 g/mol. The van der Waals surface area contributed by atoms with E-state index in [-0.39, 0.29) is 30.0 Å². The fourth-order valence-corrected chi connectivity index (χ4v) is 2.20. The summed E-state index contributed by atoms with van der Waals surface area (Å²) in [5.74, 6) is -1.42. The van der Waals surface area contributed by atoms with E-state index in [4.69, 9.17) is 9.52 Å². The summed E-state index contributed by atoms with van der Waals surface area (Å²) in [4.78, 5) is 35.6. The summed E-state index contributed by atoms with van der Waals surface area (Å²) in [6.07, 6.45) is 0.661. The van der Waals surface area contributed by atoms with E-state index in [9.17, 15) is 14.4 Å². The molecule has 0 unspecified atom stereocenters. The first-order valence-corrected chi connectivity index (χ1v) is 6.04. The van der Waals surface area contributed by atoms with Crippen molar-refractivity contribution in [3.05, 3.63) is 23.2 Å². The number of imide groups is 1. The van der Waals surface area contributed by atoms with Crippen LogP contribution in [0.3, 0.4) is 0 Å². The zero-order valence-corrected chi connectivity index (χ0v) is 10.8. The summed E-state index contributed by atoms with van der Waals surface area (Å²) < 4.78 is 5.16. The van der Waals surface area contributed by atoms with Gasteiger partial charge in [-0.15, -0.1) is 0 Å². The van der Waals surface area contributed by atoms with Crippen LogP contribution in [0, 0.1) is 12.8 Å². The predicted octanol–water partition coefficient (Wildman–Crippen LogP) is 1.57. The first-order valence-electron chi connectivity index (χ1n) is 6.04. The molecule has 0 atom stereocenters. The maximum Gasteiger partial charge on any atom is 0.372 e. The molecule has 0 spiro atoms. The Labute approximate surface area is 110 Å². The molecule has 102 valence electrons. The molecule has 19 heavy (non-hydrogen) atoms. The van der Waals surface area contributed by atoms with Crippen LogP contribution in [-0.2, 0) is 16.1 Å². The number of carbonyl (C=O) groups excluding carboxylic acids is 2. The molecule has 2 rings (SSSR count). The van der Waals surface area contributed by atoms with E-state index in [0.717, 1.165) is 4.90 Å². The van der Waals surface area contributed by atoms with Crippen LogP contribution >= 0.6 is 0 Å². The fraction of sp³-hybridized carbons (Fsp3) is 0.462. The molecule has 6 heteroatoms. The monoisotopic (exact) mass is 265 g/mol. The van der Waals surface area contributed by atoms with Crippen LogP contribution in [0.2, 0.25) is 0 Å². The van der Waals surface area contributed by atoms with E-state index in [1.165, 1.54) is 0 Å². The van der Waals surface area contributed by atoms with Gasteiger partial charge in [0.25, 0.3) is 0 Å². The quantitative estimate of drug-likeness (QED) is 0.838. The van der Waals surface area contributed by atoms with Crippen LogP contribution in [0.25, 0.3) is 0 Å². The number of aromatic carboxylic acids is 1. The van der Waals surface area contributed by atoms with Crippen LogP contribution in [0.15, 0.2) is 10.5 Å². The zero-order valence-electron chi connectivity index (χ0n) is 10.8. The van der Waals surface area contributed by atoms with E-state index in [0.29, 0.717) is 24.2 Å². The van der Waals surface area contributed by atoms with E-state index in [1.54, 1.807) is 13.0 Å². The number of carbonyl (C=O) groups is 3. The minimum absolute atomic E-state index is 0.00148. The predicted molar refractivity (Wildman–Crippen MR) is 64.4 cm³/mol. The Morgan fingerprint density at radius 2 is 2.00 bits per heavy atom. The number of amides is 2. The van der Waals surface area contributed by atoms with Gasteiger partial charge in [0.15, 0.2) is 0 Å². The molecule has 1 fully saturated rings. The van der Waals surface area contributed by atoms with Gasteiger partial charge in [0.1, 0.15) is 5.76 Å². The molecule has 0 aromatic carbocycles. The molecular weight excluding hydrogens is 250 g/mol. The number of carboxylic acids is 1. The molecule has 2 heterocycles. The Bertz CT molecular complexity index is 527. The first-order chi connectivity index (χ1) is 8.88. The molecule has 1 aliphatic heterocycles. The smallest absolute Gasteiger partial charge is 0.372 e. The van der Waals surface area contributed by atoms with Crippen LogP contribution in [0.4, 0.5) is 0 Å². The van der Waals surface area contributed by atoms with Gasteiger partial charge in [-0.05, 0) is 18.9 Å². The van der Waals surface area contributed by atoms with Crippen molar-refractivity contribution >= 4 is 17.8 Å². The van der Waals surface area contributed by atoms with Gasteiger partial charge in [0.2, 0.25) is 17.6 Å². The largest absolute Gasteiger partial charge is 0.475 e. The van der Waals surface area contributed by atoms with Crippen molar-refractivity contribution in [2.45, 2.75) is 33.2 Å². The summed E-state index contributed by atoms with van der Waals surface area (Å²) in [5, 5.41) is 8.88. The number of nitrogens with zero attached hydrogens (tertiary/aromatic N) is 1. The Kier molecular flexibility index (Phi) is 3.42. The van der Waals surface area contributed by atoms with Crippen molar-refractivity contribution in [1.82, 2.24) is 4.90 Å². The van der Waals surface area contributed by atoms with Crippen molar-refractivity contribution in [3.63, 3.8) is 0 Å². The molecule has 6 nitrogen and oxygen atoms in total. The number of furan rings is 1. The maximum absolute atomic E-state index is 11.8. The van der Waals surface area contributed by atoms with Gasteiger partial charge in [0.05, 0.1) is 6.54 Å². The second kappa shape index (κ2) is 4.87. The summed E-state index contributed by atoms with van der Waals surface area (Å²) in [6, 6.07) is 1.54. The minimum Gasteiger partial charge on any atom is -0.475 e. The third-order valence-electron chi connectivity index (χ3n) is 3.13. The molecule has 1 saturated heterocycles. The Morgan fingerprint density at radius 3 is 2.47 bits per heavy atom. The minimum atomic E-state index is -1.16. The van der Waals surface area contributed by atoms with Crippen LogP contribution in [0.5, 0.6) is 0 Å². The third kappa shape index (κ3) is 2.67. The molecule has 1 aromatic heterocycles. The number of likely N-dealkylation sites (tertiary alicyclic amines) is 1. The maximum atomic E-state index is 11.8. The number of hydrogen-bond acceptors (Lipinski definition) is 4. The molecule has 1 N–H and O–H groups in total. The lowest BCUT2D eigenvalue weighted by atomic mass is 9.98. The van der Waals surface area contributed by atoms with Crippen LogP contribution in [-0.4, -0.2) is 27.8 Å². The normalized spacial score (nSPS) is 17.1. The number of aryl methyl sites for hydroxylation is 1. The van der Waals surface area contributed by atoms with Gasteiger partial charge in [-0.1, -0.05) is 6.92 Å². The summed E-state index contributed by atoms with van der Waals surface area (Å²) in [6.45, 7) is 3.46. The van der Waals surface area contributed by atoms with Gasteiger partial charge in [-0.25, -0.2) is 4.79 Å². The highest BCUT2D eigenvalue weighted by atomic mass is 16.4. The first kappa shape index (κ1) is 13.3. The van der Waals surface area contributed by atoms with Gasteiger partial charge >= 0.3 is 5.97 Å². The van der Waals surface area contributed by atoms with Crippen molar-refractivity contribution in [2.24, 2.45) is 5.92 Å². The van der Waals surface area contributed by atoms with Crippen LogP contribution in [0.1, 0.15) is 41.6 Å². The SMILES string of the molecule is Cc1cc(CN2C(=O)CC(C)CC2=O)oc1C(=O)O. The second-order valence-electron chi connectivity index (χ2n) is 4.92. The van der Waals surface area contributed by atoms with E-state index in [2.05, 4.69) is 0 Å². The molecular formula is C13H15NO5. The average Bonchev–Trinajstić information content (AvgIpc) is 2.65. The topological polar surface area (TPSA) is 87.8 Å². The lowest BCUT2D eigenvalue weighted by Crippen LogP contribution is -2.42. The van der Waals surface area contributed by atoms with E-state index in [1.807, 2.05) is 6.92 Å². The van der Waals surface area contributed by atoms with E-state index >= 15 is 0 Å². The molecule has 0 radical (unpaired) electrons. The highest BCUT2D eigenvalue weighted by Crippen LogP contribution is 2.22. The van der Waals surface area contributed by atoms with Crippen molar-refractivity contribution in [3.8, 4) is 0 Å². The fourth-order valence-electron chi connectivity index (χ4n) is 2.20. The Morgan fingerprint density at radius 1 is 1.42 bits per heavy atom. The van der Waals surface area contributed by atoms with Gasteiger partial charge < -0.3 is 9.52 Å². The lowest BCUT2D eigenvalue weighted by Gasteiger charge is -2.27. The third-order valence-corrected chi connectivity index (χ3v) is 3.13. The van der Waals surface area contributed by atoms with Gasteiger partial charge in [-0.2, -0.15) is 0 Å². The summed E-state index contributed by atoms with van der Waals surface area (Å²) >= 11 is 0. The molecule has 0 aliphatic carbocycles. The number of hydrogen-bond donors (Lipinski definition) is 1. The van der Waals surface area contributed by atoms with E-state index < -0.39 is 5.97 Å². The van der Waals surface area contributed by atoms with Crippen molar-refractivity contribution in [2.75, 3.05) is 0 Å². The molecule has 1 aromatic rings. The van der Waals surface area contributed by atoms with Crippen molar-refractivity contribution in [1.29, 1.82) is 0 Å². The molecule has 0 bridgehead atoms. The van der Waals surface area contributed by atoms with Crippen LogP contribution < -0.4 is 0 Å². The van der Waals surface area contributed by atoms with Gasteiger partial charge in [-0.3, -0.25) is 14.5 Å². The Hall–Kier alpha value is -2.11. The van der Waals surface area contributed by atoms with Crippen molar-refractivity contribution < 1.29 is 23.9 Å². The standard InChI is InChI=1S/C13H15NO5/c1-7-3-10(15)14(11(16)4-7)6-9-5-8(2)12(19-9)13(17)18/h5,7H,3-4,6H2,1-2H3,(H,17,18). The molecule has 1 aliphatic rings. The second-order valence-corrected chi connectivity index (χ2v) is 4.92. The van der Waals surface area contributed by atoms with Gasteiger partial charge in [0, 0.05) is 18.4 Å². The Balaban J connectivity index is 2.17. The highest BCUT2D eigenvalue weighted by molar-refractivity contribution is 5.97. The number of rotatable bonds is 3. The number of piperidine rings is 1.